The minimum Gasteiger partial charge on any atom is -0.494 e. The van der Waals surface area contributed by atoms with Crippen LogP contribution < -0.4 is 15.4 Å². The first kappa shape index (κ1) is 12.9. The highest BCUT2D eigenvalue weighted by Gasteiger charge is 2.11. The summed E-state index contributed by atoms with van der Waals surface area (Å²) >= 11 is 0. The third-order valence-corrected chi connectivity index (χ3v) is 2.53. The zero-order valence-electron chi connectivity index (χ0n) is 10.0. The lowest BCUT2D eigenvalue weighted by Gasteiger charge is -2.17. The van der Waals surface area contributed by atoms with Gasteiger partial charge >= 0.3 is 0 Å². The molecule has 0 aliphatic rings. The molecule has 0 saturated carbocycles. The van der Waals surface area contributed by atoms with Crippen LogP contribution in [0.3, 0.4) is 0 Å². The van der Waals surface area contributed by atoms with Crippen molar-refractivity contribution in [3.05, 3.63) is 29.6 Å². The summed E-state index contributed by atoms with van der Waals surface area (Å²) in [6, 6.07) is 5.15. The van der Waals surface area contributed by atoms with E-state index in [0.717, 1.165) is 18.7 Å². The molecule has 90 valence electrons. The molecular weight excluding hydrogens is 207 g/mol. The van der Waals surface area contributed by atoms with Crippen LogP contribution in [0.1, 0.15) is 18.5 Å². The smallest absolute Gasteiger partial charge is 0.165 e. The maximum Gasteiger partial charge on any atom is 0.165 e. The second-order valence-corrected chi connectivity index (χ2v) is 3.54. The first-order valence-electron chi connectivity index (χ1n) is 5.44. The highest BCUT2D eigenvalue weighted by atomic mass is 19.1. The molecule has 1 atom stereocenters. The van der Waals surface area contributed by atoms with Crippen molar-refractivity contribution in [2.75, 3.05) is 27.2 Å². The molecule has 0 fully saturated rings. The maximum absolute atomic E-state index is 13.5. The van der Waals surface area contributed by atoms with E-state index in [1.807, 2.05) is 20.0 Å². The molecule has 1 rings (SSSR count). The van der Waals surface area contributed by atoms with Crippen molar-refractivity contribution in [3.63, 3.8) is 0 Å². The SMILES string of the molecule is CCNCC(NC)c1ccc(OC)c(F)c1. The molecule has 0 bridgehead atoms. The van der Waals surface area contributed by atoms with E-state index < -0.39 is 0 Å². The van der Waals surface area contributed by atoms with Crippen molar-refractivity contribution < 1.29 is 9.13 Å². The standard InChI is InChI=1S/C12H19FN2O/c1-4-15-8-11(14-2)9-5-6-12(16-3)10(13)7-9/h5-7,11,14-15H,4,8H2,1-3H3. The van der Waals surface area contributed by atoms with Crippen molar-refractivity contribution in [1.29, 1.82) is 0 Å². The lowest BCUT2D eigenvalue weighted by atomic mass is 10.1. The lowest BCUT2D eigenvalue weighted by Crippen LogP contribution is -2.29. The van der Waals surface area contributed by atoms with Gasteiger partial charge in [-0.15, -0.1) is 0 Å². The van der Waals surface area contributed by atoms with E-state index in [1.54, 1.807) is 6.07 Å². The second kappa shape index (κ2) is 6.45. The Hall–Kier alpha value is -1.13. The van der Waals surface area contributed by atoms with Crippen LogP contribution in [0.4, 0.5) is 4.39 Å². The molecule has 2 N–H and O–H groups in total. The van der Waals surface area contributed by atoms with Crippen LogP contribution in [0.15, 0.2) is 18.2 Å². The minimum atomic E-state index is -0.322. The summed E-state index contributed by atoms with van der Waals surface area (Å²) < 4.78 is 18.4. The Bertz CT molecular complexity index is 331. The van der Waals surface area contributed by atoms with Gasteiger partial charge in [-0.25, -0.2) is 4.39 Å². The van der Waals surface area contributed by atoms with E-state index in [0.29, 0.717) is 0 Å². The monoisotopic (exact) mass is 226 g/mol. The van der Waals surface area contributed by atoms with Crippen LogP contribution in [-0.4, -0.2) is 27.2 Å². The molecule has 0 aromatic heterocycles. The molecule has 4 heteroatoms. The van der Waals surface area contributed by atoms with Crippen LogP contribution >= 0.6 is 0 Å². The van der Waals surface area contributed by atoms with Crippen LogP contribution in [0.5, 0.6) is 5.75 Å². The number of hydrogen-bond donors (Lipinski definition) is 2. The first-order chi connectivity index (χ1) is 7.72. The molecule has 0 spiro atoms. The van der Waals surface area contributed by atoms with E-state index in [9.17, 15) is 4.39 Å². The van der Waals surface area contributed by atoms with Gasteiger partial charge in [0.2, 0.25) is 0 Å². The fraction of sp³-hybridized carbons (Fsp3) is 0.500. The van der Waals surface area contributed by atoms with Gasteiger partial charge in [0, 0.05) is 12.6 Å². The van der Waals surface area contributed by atoms with Gasteiger partial charge in [-0.2, -0.15) is 0 Å². The molecule has 16 heavy (non-hydrogen) atoms. The summed E-state index contributed by atoms with van der Waals surface area (Å²) in [6.07, 6.45) is 0. The number of likely N-dealkylation sites (N-methyl/N-ethyl adjacent to an activating group) is 2. The van der Waals surface area contributed by atoms with Gasteiger partial charge in [0.05, 0.1) is 7.11 Å². The number of benzene rings is 1. The highest BCUT2D eigenvalue weighted by molar-refractivity contribution is 5.31. The summed E-state index contributed by atoms with van der Waals surface area (Å²) in [5, 5.41) is 6.38. The number of ether oxygens (including phenoxy) is 1. The van der Waals surface area contributed by atoms with Crippen molar-refractivity contribution in [2.24, 2.45) is 0 Å². The van der Waals surface area contributed by atoms with Gasteiger partial charge in [0.25, 0.3) is 0 Å². The number of hydrogen-bond acceptors (Lipinski definition) is 3. The first-order valence-corrected chi connectivity index (χ1v) is 5.44. The topological polar surface area (TPSA) is 33.3 Å². The van der Waals surface area contributed by atoms with Crippen molar-refractivity contribution in [3.8, 4) is 5.75 Å². The van der Waals surface area contributed by atoms with Gasteiger partial charge in [-0.3, -0.25) is 0 Å². The molecule has 1 unspecified atom stereocenters. The molecule has 1 aromatic rings. The molecule has 1 aromatic carbocycles. The van der Waals surface area contributed by atoms with E-state index in [2.05, 4.69) is 10.6 Å². The fourth-order valence-corrected chi connectivity index (χ4v) is 1.57. The van der Waals surface area contributed by atoms with Gasteiger partial charge in [0.1, 0.15) is 0 Å². The summed E-state index contributed by atoms with van der Waals surface area (Å²) in [4.78, 5) is 0. The van der Waals surface area contributed by atoms with Crippen LogP contribution in [0.2, 0.25) is 0 Å². The zero-order valence-corrected chi connectivity index (χ0v) is 10.0. The fourth-order valence-electron chi connectivity index (χ4n) is 1.57. The quantitative estimate of drug-likeness (QED) is 0.774. The predicted octanol–water partition coefficient (Wildman–Crippen LogP) is 1.70. The molecule has 0 aliphatic carbocycles. The van der Waals surface area contributed by atoms with Gasteiger partial charge in [-0.1, -0.05) is 13.0 Å². The van der Waals surface area contributed by atoms with E-state index >= 15 is 0 Å². The Kier molecular flexibility index (Phi) is 5.22. The molecular formula is C12H19FN2O. The number of methoxy groups -OCH3 is 1. The maximum atomic E-state index is 13.5. The number of halogens is 1. The number of rotatable bonds is 6. The van der Waals surface area contributed by atoms with Crippen molar-refractivity contribution >= 4 is 0 Å². The molecule has 0 saturated heterocycles. The average Bonchev–Trinajstić information content (AvgIpc) is 2.30. The highest BCUT2D eigenvalue weighted by Crippen LogP contribution is 2.21. The zero-order chi connectivity index (χ0) is 12.0. The summed E-state index contributed by atoms with van der Waals surface area (Å²) in [5.74, 6) is -0.0428. The third-order valence-electron chi connectivity index (χ3n) is 2.53. The molecule has 0 radical (unpaired) electrons. The summed E-state index contributed by atoms with van der Waals surface area (Å²) in [5.41, 5.74) is 0.918. The van der Waals surface area contributed by atoms with Gasteiger partial charge in [0.15, 0.2) is 11.6 Å². The Labute approximate surface area is 96.0 Å². The largest absolute Gasteiger partial charge is 0.494 e. The normalized spacial score (nSPS) is 12.5. The third kappa shape index (κ3) is 3.18. The molecule has 3 nitrogen and oxygen atoms in total. The van der Waals surface area contributed by atoms with Gasteiger partial charge in [-0.05, 0) is 31.3 Å². The predicted molar refractivity (Wildman–Crippen MR) is 63.3 cm³/mol. The average molecular weight is 226 g/mol. The van der Waals surface area contributed by atoms with E-state index in [-0.39, 0.29) is 17.6 Å². The Morgan fingerprint density at radius 1 is 1.44 bits per heavy atom. The van der Waals surface area contributed by atoms with Crippen molar-refractivity contribution in [1.82, 2.24) is 10.6 Å². The van der Waals surface area contributed by atoms with Crippen LogP contribution in [0, 0.1) is 5.82 Å². The summed E-state index contributed by atoms with van der Waals surface area (Å²) in [6.45, 7) is 3.72. The van der Waals surface area contributed by atoms with Crippen molar-refractivity contribution in [2.45, 2.75) is 13.0 Å². The van der Waals surface area contributed by atoms with E-state index in [4.69, 9.17) is 4.74 Å². The summed E-state index contributed by atoms with van der Waals surface area (Å²) in [7, 11) is 3.33. The Morgan fingerprint density at radius 3 is 2.69 bits per heavy atom. The molecule has 0 heterocycles. The Morgan fingerprint density at radius 2 is 2.19 bits per heavy atom. The van der Waals surface area contributed by atoms with Crippen LogP contribution in [-0.2, 0) is 0 Å². The minimum absolute atomic E-state index is 0.111. The molecule has 0 aliphatic heterocycles. The van der Waals surface area contributed by atoms with Gasteiger partial charge < -0.3 is 15.4 Å². The second-order valence-electron chi connectivity index (χ2n) is 3.54. The molecule has 0 amide bonds. The Balaban J connectivity index is 2.80. The van der Waals surface area contributed by atoms with E-state index in [1.165, 1.54) is 13.2 Å². The lowest BCUT2D eigenvalue weighted by molar-refractivity contribution is 0.385. The van der Waals surface area contributed by atoms with Crippen LogP contribution in [0.25, 0.3) is 0 Å². The number of nitrogens with one attached hydrogen (secondary N) is 2.